The molecule has 0 aliphatic carbocycles. The second-order valence-corrected chi connectivity index (χ2v) is 4.41. The molecule has 102 valence electrons. The van der Waals surface area contributed by atoms with Crippen molar-refractivity contribution in [2.75, 3.05) is 13.7 Å². The molecule has 0 aliphatic heterocycles. The van der Waals surface area contributed by atoms with E-state index < -0.39 is 0 Å². The number of rotatable bonds is 5. The van der Waals surface area contributed by atoms with Gasteiger partial charge in [0.2, 0.25) is 0 Å². The molecule has 8 heteroatoms. The zero-order valence-corrected chi connectivity index (χ0v) is 11.8. The highest BCUT2D eigenvalue weighted by Gasteiger charge is 2.16. The molecule has 0 aromatic carbocycles. The van der Waals surface area contributed by atoms with Gasteiger partial charge in [0.05, 0.1) is 13.0 Å². The van der Waals surface area contributed by atoms with Crippen LogP contribution in [0.2, 0.25) is 0 Å². The zero-order valence-electron chi connectivity index (χ0n) is 10.1. The summed E-state index contributed by atoms with van der Waals surface area (Å²) in [4.78, 5) is 26.8. The standard InChI is InChI=1S/C10H15N3O3S.ClH/c1-6(10(15)16-2)4-12-9(14)7-5-17-8(3-11)13-7;/h5-6H,3-4,11H2,1-2H3,(H,12,14);1H. The third-order valence-electron chi connectivity index (χ3n) is 2.13. The van der Waals surface area contributed by atoms with Crippen LogP contribution in [-0.2, 0) is 16.1 Å². The first-order valence-corrected chi connectivity index (χ1v) is 5.97. The number of halogens is 1. The van der Waals surface area contributed by atoms with Crippen molar-refractivity contribution in [2.45, 2.75) is 13.5 Å². The van der Waals surface area contributed by atoms with Crippen molar-refractivity contribution < 1.29 is 14.3 Å². The molecule has 3 N–H and O–H groups in total. The Labute approximate surface area is 115 Å². The van der Waals surface area contributed by atoms with Crippen LogP contribution in [0.25, 0.3) is 0 Å². The van der Waals surface area contributed by atoms with Crippen LogP contribution < -0.4 is 11.1 Å². The highest BCUT2D eigenvalue weighted by molar-refractivity contribution is 7.09. The number of hydrogen-bond donors (Lipinski definition) is 2. The van der Waals surface area contributed by atoms with Crippen molar-refractivity contribution in [3.8, 4) is 0 Å². The van der Waals surface area contributed by atoms with Gasteiger partial charge >= 0.3 is 5.97 Å². The van der Waals surface area contributed by atoms with Gasteiger partial charge in [-0.2, -0.15) is 0 Å². The molecule has 0 radical (unpaired) electrons. The number of nitrogens with zero attached hydrogens (tertiary/aromatic N) is 1. The Morgan fingerprint density at radius 3 is 2.78 bits per heavy atom. The van der Waals surface area contributed by atoms with Gasteiger partial charge in [0.1, 0.15) is 10.7 Å². The number of carbonyl (C=O) groups excluding carboxylic acids is 2. The van der Waals surface area contributed by atoms with E-state index in [0.29, 0.717) is 17.2 Å². The van der Waals surface area contributed by atoms with Crippen molar-refractivity contribution in [1.82, 2.24) is 10.3 Å². The zero-order chi connectivity index (χ0) is 12.8. The minimum absolute atomic E-state index is 0. The Balaban J connectivity index is 0.00000289. The van der Waals surface area contributed by atoms with Crippen molar-refractivity contribution in [2.24, 2.45) is 11.7 Å². The van der Waals surface area contributed by atoms with Crippen molar-refractivity contribution in [1.29, 1.82) is 0 Å². The van der Waals surface area contributed by atoms with Gasteiger partial charge in [0, 0.05) is 18.5 Å². The number of hydrogen-bond acceptors (Lipinski definition) is 6. The van der Waals surface area contributed by atoms with E-state index in [-0.39, 0.29) is 36.7 Å². The van der Waals surface area contributed by atoms with Crippen LogP contribution in [0.4, 0.5) is 0 Å². The van der Waals surface area contributed by atoms with E-state index in [1.54, 1.807) is 12.3 Å². The smallest absolute Gasteiger partial charge is 0.310 e. The van der Waals surface area contributed by atoms with Gasteiger partial charge in [-0.25, -0.2) is 4.98 Å². The maximum atomic E-state index is 11.6. The molecule has 1 rings (SSSR count). The Bertz CT molecular complexity index is 411. The average molecular weight is 294 g/mol. The normalized spacial score (nSPS) is 11.3. The molecule has 1 aromatic rings. The summed E-state index contributed by atoms with van der Waals surface area (Å²) in [5, 5.41) is 4.96. The van der Waals surface area contributed by atoms with E-state index in [0.717, 1.165) is 0 Å². The predicted molar refractivity (Wildman–Crippen MR) is 70.8 cm³/mol. The lowest BCUT2D eigenvalue weighted by Gasteiger charge is -2.09. The second kappa shape index (κ2) is 8.02. The van der Waals surface area contributed by atoms with E-state index in [1.165, 1.54) is 18.4 Å². The van der Waals surface area contributed by atoms with Crippen LogP contribution in [-0.4, -0.2) is 30.5 Å². The number of thiazole rings is 1. The number of ether oxygens (including phenoxy) is 1. The molecule has 0 fully saturated rings. The van der Waals surface area contributed by atoms with E-state index in [9.17, 15) is 9.59 Å². The number of esters is 1. The number of nitrogens with one attached hydrogen (secondary N) is 1. The first-order chi connectivity index (χ1) is 8.08. The summed E-state index contributed by atoms with van der Waals surface area (Å²) in [7, 11) is 1.31. The van der Waals surface area contributed by atoms with E-state index in [1.807, 2.05) is 0 Å². The van der Waals surface area contributed by atoms with Crippen molar-refractivity contribution in [3.05, 3.63) is 16.1 Å². The highest BCUT2D eigenvalue weighted by atomic mass is 35.5. The summed E-state index contributed by atoms with van der Waals surface area (Å²) in [5.74, 6) is -1.04. The number of amides is 1. The summed E-state index contributed by atoms with van der Waals surface area (Å²) >= 11 is 1.33. The Hall–Kier alpha value is -1.18. The fraction of sp³-hybridized carbons (Fsp3) is 0.500. The summed E-state index contributed by atoms with van der Waals surface area (Å²) < 4.78 is 4.55. The summed E-state index contributed by atoms with van der Waals surface area (Å²) in [6.07, 6.45) is 0. The van der Waals surface area contributed by atoms with Crippen LogP contribution in [0.5, 0.6) is 0 Å². The number of methoxy groups -OCH3 is 1. The number of aromatic nitrogens is 1. The van der Waals surface area contributed by atoms with Crippen LogP contribution in [0.15, 0.2) is 5.38 Å². The fourth-order valence-corrected chi connectivity index (χ4v) is 1.78. The van der Waals surface area contributed by atoms with Gasteiger partial charge in [-0.3, -0.25) is 9.59 Å². The Morgan fingerprint density at radius 2 is 2.28 bits per heavy atom. The van der Waals surface area contributed by atoms with E-state index >= 15 is 0 Å². The third-order valence-corrected chi connectivity index (χ3v) is 3.00. The lowest BCUT2D eigenvalue weighted by atomic mass is 10.2. The molecule has 0 spiro atoms. The minimum Gasteiger partial charge on any atom is -0.469 e. The Morgan fingerprint density at radius 1 is 1.61 bits per heavy atom. The lowest BCUT2D eigenvalue weighted by Crippen LogP contribution is -2.32. The van der Waals surface area contributed by atoms with E-state index in [2.05, 4.69) is 15.0 Å². The lowest BCUT2D eigenvalue weighted by molar-refractivity contribution is -0.144. The van der Waals surface area contributed by atoms with Crippen molar-refractivity contribution >= 4 is 35.6 Å². The first-order valence-electron chi connectivity index (χ1n) is 5.09. The molecular weight excluding hydrogens is 278 g/mol. The van der Waals surface area contributed by atoms with Gasteiger partial charge in [-0.1, -0.05) is 6.92 Å². The summed E-state index contributed by atoms with van der Waals surface area (Å²) in [5.41, 5.74) is 5.72. The molecule has 0 saturated carbocycles. The monoisotopic (exact) mass is 293 g/mol. The average Bonchev–Trinajstić information content (AvgIpc) is 2.83. The SMILES string of the molecule is COC(=O)C(C)CNC(=O)c1csc(CN)n1.Cl. The van der Waals surface area contributed by atoms with Crippen LogP contribution in [0.3, 0.4) is 0 Å². The second-order valence-electron chi connectivity index (χ2n) is 3.46. The quantitative estimate of drug-likeness (QED) is 0.774. The fourth-order valence-electron chi connectivity index (χ4n) is 1.13. The molecule has 18 heavy (non-hydrogen) atoms. The van der Waals surface area contributed by atoms with Crippen molar-refractivity contribution in [3.63, 3.8) is 0 Å². The third kappa shape index (κ3) is 4.59. The first kappa shape index (κ1) is 16.8. The molecule has 0 bridgehead atoms. The van der Waals surface area contributed by atoms with Gasteiger partial charge in [0.15, 0.2) is 0 Å². The molecule has 1 amide bonds. The van der Waals surface area contributed by atoms with Gasteiger partial charge in [0.25, 0.3) is 5.91 Å². The minimum atomic E-state index is -0.378. The molecular formula is C10H16ClN3O3S. The molecule has 1 heterocycles. The maximum Gasteiger partial charge on any atom is 0.310 e. The molecule has 1 unspecified atom stereocenters. The van der Waals surface area contributed by atoms with E-state index in [4.69, 9.17) is 5.73 Å². The summed E-state index contributed by atoms with van der Waals surface area (Å²) in [6.45, 7) is 2.22. The molecule has 1 aromatic heterocycles. The van der Waals surface area contributed by atoms with Gasteiger partial charge in [-0.15, -0.1) is 23.7 Å². The molecule has 1 atom stereocenters. The van der Waals surface area contributed by atoms with Crippen LogP contribution >= 0.6 is 23.7 Å². The molecule has 0 aliphatic rings. The van der Waals surface area contributed by atoms with Crippen LogP contribution in [0, 0.1) is 5.92 Å². The highest BCUT2D eigenvalue weighted by Crippen LogP contribution is 2.08. The molecule has 0 saturated heterocycles. The molecule has 6 nitrogen and oxygen atoms in total. The summed E-state index contributed by atoms with van der Waals surface area (Å²) in [6, 6.07) is 0. The van der Waals surface area contributed by atoms with Gasteiger partial charge < -0.3 is 15.8 Å². The predicted octanol–water partition coefficient (Wildman–Crippen LogP) is 0.562. The Kier molecular flexibility index (Phi) is 7.49. The topological polar surface area (TPSA) is 94.3 Å². The van der Waals surface area contributed by atoms with Crippen LogP contribution in [0.1, 0.15) is 22.4 Å². The largest absolute Gasteiger partial charge is 0.469 e. The number of nitrogens with two attached hydrogens (primary N) is 1. The maximum absolute atomic E-state index is 11.6. The number of carbonyl (C=O) groups is 2. The van der Waals surface area contributed by atoms with Gasteiger partial charge in [-0.05, 0) is 0 Å².